The number of nitro benzene ring substituents is 1. The molecule has 0 radical (unpaired) electrons. The van der Waals surface area contributed by atoms with Gasteiger partial charge in [0.25, 0.3) is 11.2 Å². The summed E-state index contributed by atoms with van der Waals surface area (Å²) in [4.78, 5) is 40.6. The lowest BCUT2D eigenvalue weighted by molar-refractivity contribution is -0.384. The summed E-state index contributed by atoms with van der Waals surface area (Å²) < 4.78 is 12.8. The van der Waals surface area contributed by atoms with Gasteiger partial charge in [-0.2, -0.15) is 0 Å². The fraction of sp³-hybridized carbons (Fsp3) is 0.333. The van der Waals surface area contributed by atoms with E-state index in [1.165, 1.54) is 29.9 Å². The molecule has 0 aliphatic heterocycles. The van der Waals surface area contributed by atoms with Gasteiger partial charge < -0.3 is 14.0 Å². The van der Waals surface area contributed by atoms with Crippen LogP contribution in [-0.4, -0.2) is 35.5 Å². The third-order valence-corrected chi connectivity index (χ3v) is 5.95. The van der Waals surface area contributed by atoms with E-state index in [-0.39, 0.29) is 29.9 Å². The number of rotatable bonds is 10. The second-order valence-electron chi connectivity index (χ2n) is 8.06. The Morgan fingerprint density at radius 2 is 1.89 bits per heavy atom. The van der Waals surface area contributed by atoms with E-state index < -0.39 is 10.5 Å². The maximum atomic E-state index is 13.6. The number of benzene rings is 2. The Morgan fingerprint density at radius 1 is 1.11 bits per heavy atom. The maximum absolute atomic E-state index is 13.6. The van der Waals surface area contributed by atoms with Crippen LogP contribution in [0.25, 0.3) is 32.5 Å². The number of non-ortho nitro benzene ring substituents is 1. The van der Waals surface area contributed by atoms with Crippen LogP contribution in [-0.2, 0) is 6.54 Å². The molecule has 2 aromatic carbocycles. The third kappa shape index (κ3) is 4.17. The smallest absolute Gasteiger partial charge is 0.270 e. The van der Waals surface area contributed by atoms with Gasteiger partial charge in [-0.3, -0.25) is 19.7 Å². The van der Waals surface area contributed by atoms with Crippen molar-refractivity contribution in [2.75, 3.05) is 20.3 Å². The van der Waals surface area contributed by atoms with Crippen molar-refractivity contribution in [2.24, 2.45) is 5.11 Å². The third-order valence-electron chi connectivity index (χ3n) is 5.95. The van der Waals surface area contributed by atoms with Crippen molar-refractivity contribution in [1.29, 1.82) is 0 Å². The van der Waals surface area contributed by atoms with Crippen molar-refractivity contribution in [3.05, 3.63) is 72.4 Å². The molecular weight excluding hydrogens is 454 g/mol. The molecule has 1 aromatic heterocycles. The van der Waals surface area contributed by atoms with Crippen LogP contribution in [0.1, 0.15) is 42.1 Å². The van der Waals surface area contributed by atoms with E-state index in [0.717, 1.165) is 12.8 Å². The number of nitro groups is 1. The van der Waals surface area contributed by atoms with E-state index in [1.54, 1.807) is 12.1 Å². The minimum absolute atomic E-state index is 0.0780. The first-order valence-corrected chi connectivity index (χ1v) is 11.2. The highest BCUT2D eigenvalue weighted by Crippen LogP contribution is 2.44. The van der Waals surface area contributed by atoms with Crippen molar-refractivity contribution in [1.82, 2.24) is 4.57 Å². The SMILES string of the molecule is CCCCOc1cc2c(cc1OC)-c1c(c3ccc([N+](=O)[O-])cc3c(=O)n1CCCN=[N+]=[N-])C2=O. The van der Waals surface area contributed by atoms with Crippen LogP contribution in [0, 0.1) is 10.1 Å². The Bertz CT molecular complexity index is 1460. The van der Waals surface area contributed by atoms with Crippen LogP contribution >= 0.6 is 0 Å². The summed E-state index contributed by atoms with van der Waals surface area (Å²) >= 11 is 0. The van der Waals surface area contributed by atoms with Crippen LogP contribution in [0.5, 0.6) is 11.5 Å². The number of ether oxygens (including phenoxy) is 2. The molecule has 1 aliphatic carbocycles. The Balaban J connectivity index is 1.97. The van der Waals surface area contributed by atoms with Gasteiger partial charge in [-0.15, -0.1) is 0 Å². The molecule has 1 aliphatic rings. The lowest BCUT2D eigenvalue weighted by atomic mass is 10.0. The number of aromatic nitrogens is 1. The summed E-state index contributed by atoms with van der Waals surface area (Å²) in [5.74, 6) is 0.552. The van der Waals surface area contributed by atoms with Crippen LogP contribution in [0.2, 0.25) is 0 Å². The van der Waals surface area contributed by atoms with E-state index in [0.29, 0.717) is 52.3 Å². The molecule has 0 spiro atoms. The zero-order valence-electron chi connectivity index (χ0n) is 19.3. The fourth-order valence-corrected chi connectivity index (χ4v) is 4.29. The first-order chi connectivity index (χ1) is 16.9. The van der Waals surface area contributed by atoms with Crippen LogP contribution < -0.4 is 15.0 Å². The Morgan fingerprint density at radius 3 is 2.57 bits per heavy atom. The predicted octanol–water partition coefficient (Wildman–Crippen LogP) is 5.01. The molecule has 0 N–H and O–H groups in total. The molecule has 11 nitrogen and oxygen atoms in total. The molecular formula is C24H23N5O6. The monoisotopic (exact) mass is 477 g/mol. The lowest BCUT2D eigenvalue weighted by Crippen LogP contribution is -2.24. The van der Waals surface area contributed by atoms with Crippen LogP contribution in [0.3, 0.4) is 0 Å². The summed E-state index contributed by atoms with van der Waals surface area (Å²) in [6.45, 7) is 2.81. The zero-order valence-corrected chi connectivity index (χ0v) is 19.3. The number of pyridine rings is 1. The van der Waals surface area contributed by atoms with E-state index >= 15 is 0 Å². The summed E-state index contributed by atoms with van der Waals surface area (Å²) in [5, 5.41) is 15.3. The second kappa shape index (κ2) is 9.86. The number of azide groups is 1. The van der Waals surface area contributed by atoms with Gasteiger partial charge in [-0.25, -0.2) is 0 Å². The normalized spacial score (nSPS) is 11.7. The number of unbranched alkanes of at least 4 members (excludes halogenated alkanes) is 1. The number of hydrogen-bond donors (Lipinski definition) is 0. The van der Waals surface area contributed by atoms with Gasteiger partial charge in [-0.1, -0.05) is 18.5 Å². The van der Waals surface area contributed by atoms with Gasteiger partial charge in [0.05, 0.1) is 35.3 Å². The minimum Gasteiger partial charge on any atom is -0.493 e. The average molecular weight is 477 g/mol. The molecule has 1 heterocycles. The van der Waals surface area contributed by atoms with Crippen molar-refractivity contribution in [3.63, 3.8) is 0 Å². The van der Waals surface area contributed by atoms with Crippen molar-refractivity contribution in [2.45, 2.75) is 32.7 Å². The number of methoxy groups -OCH3 is 1. The topological polar surface area (TPSA) is 149 Å². The number of ketones is 1. The number of carbonyl (C=O) groups excluding carboxylic acids is 1. The number of fused-ring (bicyclic) bond motifs is 5. The molecule has 0 amide bonds. The number of carbonyl (C=O) groups is 1. The molecule has 0 bridgehead atoms. The van der Waals surface area contributed by atoms with Crippen molar-refractivity contribution in [3.8, 4) is 22.8 Å². The van der Waals surface area contributed by atoms with Gasteiger partial charge in [0.15, 0.2) is 17.3 Å². The molecule has 0 atom stereocenters. The minimum atomic E-state index is -0.584. The number of nitrogens with zero attached hydrogens (tertiary/aromatic N) is 5. The quantitative estimate of drug-likeness (QED) is 0.0782. The molecule has 0 saturated heterocycles. The average Bonchev–Trinajstić information content (AvgIpc) is 3.14. The largest absolute Gasteiger partial charge is 0.493 e. The standard InChI is InChI=1S/C24H23N5O6/c1-3-4-10-35-20-13-17-16(12-19(20)34-2)22-21(23(17)30)15-7-6-14(29(32)33)11-18(15)24(31)28(22)9-5-8-26-27-25/h6-7,11-13H,3-5,8-10H2,1-2H3. The maximum Gasteiger partial charge on any atom is 0.270 e. The summed E-state index contributed by atoms with van der Waals surface area (Å²) in [5.41, 5.74) is 9.45. The Hall–Kier alpha value is -4.37. The highest BCUT2D eigenvalue weighted by Gasteiger charge is 2.34. The molecule has 11 heteroatoms. The predicted molar refractivity (Wildman–Crippen MR) is 129 cm³/mol. The highest BCUT2D eigenvalue weighted by molar-refractivity contribution is 6.27. The summed E-state index contributed by atoms with van der Waals surface area (Å²) in [7, 11) is 1.50. The molecule has 4 rings (SSSR count). The van der Waals surface area contributed by atoms with Gasteiger partial charge in [0.2, 0.25) is 0 Å². The van der Waals surface area contributed by atoms with Gasteiger partial charge in [0.1, 0.15) is 0 Å². The van der Waals surface area contributed by atoms with Crippen LogP contribution in [0.4, 0.5) is 5.69 Å². The van der Waals surface area contributed by atoms with E-state index in [2.05, 4.69) is 10.0 Å². The van der Waals surface area contributed by atoms with Crippen LogP contribution in [0.15, 0.2) is 40.2 Å². The fourth-order valence-electron chi connectivity index (χ4n) is 4.29. The molecule has 0 fully saturated rings. The highest BCUT2D eigenvalue weighted by atomic mass is 16.6. The second-order valence-corrected chi connectivity index (χ2v) is 8.06. The first-order valence-electron chi connectivity index (χ1n) is 11.2. The molecule has 180 valence electrons. The molecule has 35 heavy (non-hydrogen) atoms. The van der Waals surface area contributed by atoms with Gasteiger partial charge in [0, 0.05) is 46.6 Å². The Labute approximate surface area is 199 Å². The number of hydrogen-bond acceptors (Lipinski definition) is 7. The summed E-state index contributed by atoms with van der Waals surface area (Å²) in [6.07, 6.45) is 2.12. The van der Waals surface area contributed by atoms with Gasteiger partial charge >= 0.3 is 0 Å². The summed E-state index contributed by atoms with van der Waals surface area (Å²) in [6, 6.07) is 7.22. The van der Waals surface area contributed by atoms with E-state index in [1.807, 2.05) is 6.92 Å². The zero-order chi connectivity index (χ0) is 25.1. The van der Waals surface area contributed by atoms with E-state index in [9.17, 15) is 19.7 Å². The molecule has 0 unspecified atom stereocenters. The Kier molecular flexibility index (Phi) is 6.70. The van der Waals surface area contributed by atoms with E-state index in [4.69, 9.17) is 15.0 Å². The first kappa shape index (κ1) is 23.8. The van der Waals surface area contributed by atoms with Crippen molar-refractivity contribution >= 4 is 22.2 Å². The van der Waals surface area contributed by atoms with Gasteiger partial charge in [-0.05, 0) is 36.6 Å². The van der Waals surface area contributed by atoms with Crippen molar-refractivity contribution < 1.29 is 19.2 Å². The lowest BCUT2D eigenvalue weighted by Gasteiger charge is -2.16. The molecule has 3 aromatic rings. The molecule has 0 saturated carbocycles.